The lowest BCUT2D eigenvalue weighted by Gasteiger charge is -2.04. The van der Waals surface area contributed by atoms with Crippen LogP contribution in [0.1, 0.15) is 15.4 Å². The number of aromatic nitrogens is 2. The van der Waals surface area contributed by atoms with Gasteiger partial charge in [-0.3, -0.25) is 4.79 Å². The molecule has 2 N–H and O–H groups in total. The fourth-order valence-electron chi connectivity index (χ4n) is 1.77. The first kappa shape index (κ1) is 13.7. The first-order chi connectivity index (χ1) is 10.1. The number of aryl methyl sites for hydroxylation is 1. The van der Waals surface area contributed by atoms with Gasteiger partial charge >= 0.3 is 0 Å². The lowest BCUT2D eigenvalue weighted by atomic mass is 10.3. The molecule has 3 aromatic heterocycles. The third kappa shape index (κ3) is 2.79. The SMILES string of the molecule is Cc1nc(-c2cccs2)sc1C(=O)Nc1ncccc1O. The summed E-state index contributed by atoms with van der Waals surface area (Å²) in [4.78, 5) is 22.2. The highest BCUT2D eigenvalue weighted by Crippen LogP contribution is 2.31. The van der Waals surface area contributed by atoms with Crippen LogP contribution in [-0.4, -0.2) is 21.0 Å². The minimum absolute atomic E-state index is 0.0634. The van der Waals surface area contributed by atoms with Gasteiger partial charge in [0.2, 0.25) is 0 Å². The number of nitrogens with zero attached hydrogens (tertiary/aromatic N) is 2. The fraction of sp³-hybridized carbons (Fsp3) is 0.0714. The molecule has 21 heavy (non-hydrogen) atoms. The Kier molecular flexibility index (Phi) is 3.68. The second-order valence-electron chi connectivity index (χ2n) is 4.24. The van der Waals surface area contributed by atoms with Gasteiger partial charge in [0, 0.05) is 6.20 Å². The van der Waals surface area contributed by atoms with Gasteiger partial charge in [0.05, 0.1) is 10.6 Å². The number of rotatable bonds is 3. The van der Waals surface area contributed by atoms with Crippen LogP contribution >= 0.6 is 22.7 Å². The Morgan fingerprint density at radius 2 is 2.19 bits per heavy atom. The highest BCUT2D eigenvalue weighted by Gasteiger charge is 2.18. The van der Waals surface area contributed by atoms with E-state index in [1.807, 2.05) is 17.5 Å². The number of carbonyl (C=O) groups is 1. The fourth-order valence-corrected chi connectivity index (χ4v) is 3.53. The lowest BCUT2D eigenvalue weighted by molar-refractivity contribution is 0.102. The Bertz CT molecular complexity index is 781. The number of amides is 1. The summed E-state index contributed by atoms with van der Waals surface area (Å²) in [7, 11) is 0. The zero-order valence-electron chi connectivity index (χ0n) is 11.0. The molecule has 0 atom stereocenters. The quantitative estimate of drug-likeness (QED) is 0.775. The molecule has 0 aliphatic rings. The summed E-state index contributed by atoms with van der Waals surface area (Å²) in [5, 5.41) is 15.0. The van der Waals surface area contributed by atoms with Crippen LogP contribution in [0.5, 0.6) is 5.75 Å². The van der Waals surface area contributed by atoms with E-state index in [-0.39, 0.29) is 17.5 Å². The highest BCUT2D eigenvalue weighted by molar-refractivity contribution is 7.22. The summed E-state index contributed by atoms with van der Waals surface area (Å²) in [5.41, 5.74) is 0.663. The van der Waals surface area contributed by atoms with E-state index in [0.29, 0.717) is 10.6 Å². The van der Waals surface area contributed by atoms with Crippen LogP contribution in [0.25, 0.3) is 9.88 Å². The second-order valence-corrected chi connectivity index (χ2v) is 6.18. The average Bonchev–Trinajstić information content (AvgIpc) is 3.10. The molecule has 0 spiro atoms. The molecular weight excluding hydrogens is 306 g/mol. The summed E-state index contributed by atoms with van der Waals surface area (Å²) < 4.78 is 0. The van der Waals surface area contributed by atoms with E-state index < -0.39 is 0 Å². The summed E-state index contributed by atoms with van der Waals surface area (Å²) in [6, 6.07) is 6.98. The van der Waals surface area contributed by atoms with Crippen molar-refractivity contribution in [3.05, 3.63) is 46.4 Å². The highest BCUT2D eigenvalue weighted by atomic mass is 32.1. The molecule has 3 rings (SSSR count). The van der Waals surface area contributed by atoms with Gasteiger partial charge in [-0.1, -0.05) is 6.07 Å². The van der Waals surface area contributed by atoms with E-state index in [1.54, 1.807) is 24.3 Å². The van der Waals surface area contributed by atoms with Gasteiger partial charge in [0.15, 0.2) is 11.6 Å². The molecule has 7 heteroatoms. The number of anilines is 1. The van der Waals surface area contributed by atoms with E-state index >= 15 is 0 Å². The Balaban J connectivity index is 1.87. The van der Waals surface area contributed by atoms with Crippen LogP contribution < -0.4 is 5.32 Å². The smallest absolute Gasteiger partial charge is 0.268 e. The van der Waals surface area contributed by atoms with Crippen molar-refractivity contribution >= 4 is 34.4 Å². The molecule has 0 saturated carbocycles. The Morgan fingerprint density at radius 1 is 1.33 bits per heavy atom. The van der Waals surface area contributed by atoms with Gasteiger partial charge in [-0.2, -0.15) is 0 Å². The van der Waals surface area contributed by atoms with Gasteiger partial charge in [0.1, 0.15) is 9.88 Å². The minimum atomic E-state index is -0.318. The number of hydrogen-bond acceptors (Lipinski definition) is 6. The van der Waals surface area contributed by atoms with Crippen molar-refractivity contribution in [2.24, 2.45) is 0 Å². The van der Waals surface area contributed by atoms with Gasteiger partial charge in [-0.25, -0.2) is 9.97 Å². The molecule has 0 bridgehead atoms. The van der Waals surface area contributed by atoms with E-state index in [2.05, 4.69) is 15.3 Å². The third-order valence-electron chi connectivity index (χ3n) is 2.75. The van der Waals surface area contributed by atoms with E-state index in [4.69, 9.17) is 0 Å². The molecule has 0 unspecified atom stereocenters. The average molecular weight is 317 g/mol. The molecule has 1 amide bonds. The molecule has 3 heterocycles. The second kappa shape index (κ2) is 5.63. The number of nitrogens with one attached hydrogen (secondary N) is 1. The van der Waals surface area contributed by atoms with Gasteiger partial charge in [-0.05, 0) is 30.5 Å². The maximum atomic E-state index is 12.3. The predicted molar refractivity (Wildman–Crippen MR) is 84.0 cm³/mol. The van der Waals surface area contributed by atoms with Crippen molar-refractivity contribution in [2.45, 2.75) is 6.92 Å². The Hall–Kier alpha value is -2.25. The predicted octanol–water partition coefficient (Wildman–Crippen LogP) is 3.53. The van der Waals surface area contributed by atoms with Crippen molar-refractivity contribution in [1.82, 2.24) is 9.97 Å². The standard InChI is InChI=1S/C14H11N3O2S2/c1-8-11(21-14(16-8)10-5-3-7-20-10)13(19)17-12-9(18)4-2-6-15-12/h2-7,18H,1H3,(H,15,17,19). The summed E-state index contributed by atoms with van der Waals surface area (Å²) in [6.45, 7) is 1.79. The molecule has 106 valence electrons. The third-order valence-corrected chi connectivity index (χ3v) is 4.95. The number of thiazole rings is 1. The normalized spacial score (nSPS) is 10.5. The van der Waals surface area contributed by atoms with Crippen LogP contribution in [0, 0.1) is 6.92 Å². The summed E-state index contributed by atoms with van der Waals surface area (Å²) in [6.07, 6.45) is 1.51. The molecule has 3 aromatic rings. The Morgan fingerprint density at radius 3 is 2.90 bits per heavy atom. The van der Waals surface area contributed by atoms with Crippen LogP contribution in [0.2, 0.25) is 0 Å². The maximum absolute atomic E-state index is 12.3. The number of hydrogen-bond donors (Lipinski definition) is 2. The summed E-state index contributed by atoms with van der Waals surface area (Å²) >= 11 is 2.91. The number of thiophene rings is 1. The van der Waals surface area contributed by atoms with E-state index in [9.17, 15) is 9.90 Å². The van der Waals surface area contributed by atoms with Gasteiger partial charge < -0.3 is 10.4 Å². The first-order valence-electron chi connectivity index (χ1n) is 6.12. The van der Waals surface area contributed by atoms with Crippen LogP contribution in [0.4, 0.5) is 5.82 Å². The summed E-state index contributed by atoms with van der Waals surface area (Å²) in [5.74, 6) is -0.235. The molecule has 0 fully saturated rings. The molecular formula is C14H11N3O2S2. The topological polar surface area (TPSA) is 75.1 Å². The first-order valence-corrected chi connectivity index (χ1v) is 7.81. The van der Waals surface area contributed by atoms with Gasteiger partial charge in [-0.15, -0.1) is 22.7 Å². The number of carbonyl (C=O) groups excluding carboxylic acids is 1. The monoisotopic (exact) mass is 317 g/mol. The largest absolute Gasteiger partial charge is 0.504 e. The van der Waals surface area contributed by atoms with E-state index in [0.717, 1.165) is 9.88 Å². The van der Waals surface area contributed by atoms with Gasteiger partial charge in [0.25, 0.3) is 5.91 Å². The zero-order valence-corrected chi connectivity index (χ0v) is 12.7. The molecule has 0 aromatic carbocycles. The molecule has 0 aliphatic heterocycles. The number of pyridine rings is 1. The Labute approximate surface area is 129 Å². The van der Waals surface area contributed by atoms with Crippen LogP contribution in [0.15, 0.2) is 35.8 Å². The minimum Gasteiger partial charge on any atom is -0.504 e. The van der Waals surface area contributed by atoms with Crippen molar-refractivity contribution < 1.29 is 9.90 Å². The van der Waals surface area contributed by atoms with E-state index in [1.165, 1.54) is 23.6 Å². The molecule has 0 aliphatic carbocycles. The lowest BCUT2D eigenvalue weighted by Crippen LogP contribution is -2.12. The van der Waals surface area contributed by atoms with Crippen molar-refractivity contribution in [3.8, 4) is 15.6 Å². The van der Waals surface area contributed by atoms with Crippen molar-refractivity contribution in [1.29, 1.82) is 0 Å². The number of aromatic hydroxyl groups is 1. The van der Waals surface area contributed by atoms with Crippen LogP contribution in [-0.2, 0) is 0 Å². The van der Waals surface area contributed by atoms with Crippen molar-refractivity contribution in [3.63, 3.8) is 0 Å². The molecule has 5 nitrogen and oxygen atoms in total. The molecule has 0 radical (unpaired) electrons. The maximum Gasteiger partial charge on any atom is 0.268 e. The zero-order chi connectivity index (χ0) is 14.8. The van der Waals surface area contributed by atoms with Crippen molar-refractivity contribution in [2.75, 3.05) is 5.32 Å². The van der Waals surface area contributed by atoms with Crippen LogP contribution in [0.3, 0.4) is 0 Å². The molecule has 0 saturated heterocycles.